The molecule has 0 bridgehead atoms. The number of thioether (sulfide) groups is 1. The minimum absolute atomic E-state index is 0.0158. The second-order valence-electron chi connectivity index (χ2n) is 4.90. The number of ether oxygens (including phenoxy) is 1. The van der Waals surface area contributed by atoms with Crippen molar-refractivity contribution in [2.75, 3.05) is 24.7 Å². The average Bonchev–Trinajstić information content (AvgIpc) is 2.48. The molecule has 1 saturated heterocycles. The Hall–Kier alpha value is -0.760. The zero-order chi connectivity index (χ0) is 15.5. The molecule has 2 rings (SSSR count). The molecule has 0 aromatic heterocycles. The molecule has 118 valence electrons. The predicted molar refractivity (Wildman–Crippen MR) is 84.2 cm³/mol. The topological polar surface area (TPSA) is 66.8 Å². The van der Waals surface area contributed by atoms with Crippen molar-refractivity contribution in [1.82, 2.24) is 4.31 Å². The summed E-state index contributed by atoms with van der Waals surface area (Å²) in [6.45, 7) is 4.52. The van der Waals surface area contributed by atoms with E-state index >= 15 is 0 Å². The summed E-state index contributed by atoms with van der Waals surface area (Å²) in [7, 11) is -3.52. The second kappa shape index (κ2) is 7.00. The van der Waals surface area contributed by atoms with Crippen LogP contribution in [0.25, 0.3) is 0 Å². The summed E-state index contributed by atoms with van der Waals surface area (Å²) < 4.78 is 32.4. The van der Waals surface area contributed by atoms with Gasteiger partial charge in [0, 0.05) is 29.7 Å². The summed E-state index contributed by atoms with van der Waals surface area (Å²) in [6, 6.07) is 4.66. The third kappa shape index (κ3) is 3.53. The summed E-state index contributed by atoms with van der Waals surface area (Å²) >= 11 is 1.77. The first kappa shape index (κ1) is 16.6. The molecule has 7 heteroatoms. The SMILES string of the molecule is CCOc1ccc(S(=O)(=O)N2CCSCC2C)cc1CO. The zero-order valence-corrected chi connectivity index (χ0v) is 13.9. The van der Waals surface area contributed by atoms with Gasteiger partial charge in [-0.05, 0) is 32.0 Å². The van der Waals surface area contributed by atoms with Crippen LogP contribution in [-0.2, 0) is 16.6 Å². The largest absolute Gasteiger partial charge is 0.494 e. The Morgan fingerprint density at radius 3 is 2.86 bits per heavy atom. The quantitative estimate of drug-likeness (QED) is 0.889. The number of nitrogens with zero attached hydrogens (tertiary/aromatic N) is 1. The van der Waals surface area contributed by atoms with E-state index in [4.69, 9.17) is 4.74 Å². The maximum atomic E-state index is 12.7. The Balaban J connectivity index is 2.35. The van der Waals surface area contributed by atoms with Gasteiger partial charge in [0.25, 0.3) is 0 Å². The van der Waals surface area contributed by atoms with E-state index in [1.54, 1.807) is 28.2 Å². The van der Waals surface area contributed by atoms with Gasteiger partial charge in [0.1, 0.15) is 5.75 Å². The fourth-order valence-corrected chi connectivity index (χ4v) is 5.25. The van der Waals surface area contributed by atoms with Gasteiger partial charge in [-0.2, -0.15) is 16.1 Å². The van der Waals surface area contributed by atoms with E-state index in [-0.39, 0.29) is 17.5 Å². The summed E-state index contributed by atoms with van der Waals surface area (Å²) in [4.78, 5) is 0.216. The van der Waals surface area contributed by atoms with Crippen LogP contribution in [0.2, 0.25) is 0 Å². The van der Waals surface area contributed by atoms with Gasteiger partial charge in [-0.1, -0.05) is 0 Å². The molecule has 5 nitrogen and oxygen atoms in total. The molecular formula is C14H21NO4S2. The van der Waals surface area contributed by atoms with Crippen LogP contribution in [0.5, 0.6) is 5.75 Å². The van der Waals surface area contributed by atoms with Gasteiger partial charge in [-0.15, -0.1) is 0 Å². The smallest absolute Gasteiger partial charge is 0.243 e. The van der Waals surface area contributed by atoms with Crippen LogP contribution < -0.4 is 4.74 Å². The standard InChI is InChI=1S/C14H21NO4S2/c1-3-19-14-5-4-13(8-12(14)9-16)21(17,18)15-6-7-20-10-11(15)2/h4-5,8,11,16H,3,6-7,9-10H2,1-2H3. The molecule has 0 radical (unpaired) electrons. The van der Waals surface area contributed by atoms with Gasteiger partial charge < -0.3 is 9.84 Å². The lowest BCUT2D eigenvalue weighted by atomic mass is 10.2. The molecule has 1 aromatic carbocycles. The van der Waals surface area contributed by atoms with Crippen molar-refractivity contribution < 1.29 is 18.3 Å². The lowest BCUT2D eigenvalue weighted by molar-refractivity contribution is 0.266. The van der Waals surface area contributed by atoms with E-state index in [0.717, 1.165) is 11.5 Å². The first-order valence-electron chi connectivity index (χ1n) is 6.97. The number of hydrogen-bond donors (Lipinski definition) is 1. The highest BCUT2D eigenvalue weighted by molar-refractivity contribution is 7.99. The maximum Gasteiger partial charge on any atom is 0.243 e. The van der Waals surface area contributed by atoms with Crippen molar-refractivity contribution in [2.45, 2.75) is 31.4 Å². The normalized spacial score (nSPS) is 20.4. The Bertz CT molecular complexity index is 589. The van der Waals surface area contributed by atoms with E-state index < -0.39 is 10.0 Å². The Morgan fingerprint density at radius 1 is 1.48 bits per heavy atom. The monoisotopic (exact) mass is 331 g/mol. The van der Waals surface area contributed by atoms with E-state index in [1.165, 1.54) is 6.07 Å². The van der Waals surface area contributed by atoms with Gasteiger partial charge in [-0.25, -0.2) is 8.42 Å². The van der Waals surface area contributed by atoms with Crippen LogP contribution in [-0.4, -0.2) is 48.5 Å². The highest BCUT2D eigenvalue weighted by Crippen LogP contribution is 2.28. The lowest BCUT2D eigenvalue weighted by Gasteiger charge is -2.32. The van der Waals surface area contributed by atoms with Crippen molar-refractivity contribution in [1.29, 1.82) is 0 Å². The number of benzene rings is 1. The van der Waals surface area contributed by atoms with Crippen LogP contribution in [0.4, 0.5) is 0 Å². The van der Waals surface area contributed by atoms with Crippen molar-refractivity contribution in [3.63, 3.8) is 0 Å². The van der Waals surface area contributed by atoms with Crippen LogP contribution in [0.3, 0.4) is 0 Å². The first-order chi connectivity index (χ1) is 10.0. The molecule has 0 saturated carbocycles. The van der Waals surface area contributed by atoms with Crippen LogP contribution >= 0.6 is 11.8 Å². The first-order valence-corrected chi connectivity index (χ1v) is 9.56. The fourth-order valence-electron chi connectivity index (χ4n) is 2.34. The Kier molecular flexibility index (Phi) is 5.54. The Labute approximate surface area is 130 Å². The molecule has 0 aliphatic carbocycles. The second-order valence-corrected chi connectivity index (χ2v) is 7.94. The molecule has 1 unspecified atom stereocenters. The summed E-state index contributed by atoms with van der Waals surface area (Å²) in [5, 5.41) is 9.41. The zero-order valence-electron chi connectivity index (χ0n) is 12.3. The molecule has 1 aliphatic heterocycles. The van der Waals surface area contributed by atoms with E-state index in [2.05, 4.69) is 0 Å². The number of aliphatic hydroxyl groups is 1. The minimum Gasteiger partial charge on any atom is -0.494 e. The van der Waals surface area contributed by atoms with Crippen molar-refractivity contribution >= 4 is 21.8 Å². The molecule has 21 heavy (non-hydrogen) atoms. The van der Waals surface area contributed by atoms with Crippen molar-refractivity contribution in [3.8, 4) is 5.75 Å². The lowest BCUT2D eigenvalue weighted by Crippen LogP contribution is -2.44. The maximum absolute atomic E-state index is 12.7. The molecule has 1 N–H and O–H groups in total. The summed E-state index contributed by atoms with van der Waals surface area (Å²) in [5.41, 5.74) is 0.497. The van der Waals surface area contributed by atoms with E-state index in [9.17, 15) is 13.5 Å². The van der Waals surface area contributed by atoms with Crippen molar-refractivity contribution in [2.24, 2.45) is 0 Å². The van der Waals surface area contributed by atoms with Gasteiger partial charge in [0.05, 0.1) is 18.1 Å². The summed E-state index contributed by atoms with van der Waals surface area (Å²) in [5.74, 6) is 2.15. The molecule has 1 fully saturated rings. The Morgan fingerprint density at radius 2 is 2.24 bits per heavy atom. The number of sulfonamides is 1. The highest BCUT2D eigenvalue weighted by Gasteiger charge is 2.31. The van der Waals surface area contributed by atoms with Gasteiger partial charge >= 0.3 is 0 Å². The van der Waals surface area contributed by atoms with Crippen LogP contribution in [0, 0.1) is 0 Å². The third-order valence-corrected chi connectivity index (χ3v) is 6.61. The predicted octanol–water partition coefficient (Wildman–Crippen LogP) is 1.70. The van der Waals surface area contributed by atoms with Crippen molar-refractivity contribution in [3.05, 3.63) is 23.8 Å². The van der Waals surface area contributed by atoms with Crippen LogP contribution in [0.15, 0.2) is 23.1 Å². The van der Waals surface area contributed by atoms with E-state index in [1.807, 2.05) is 13.8 Å². The molecule has 0 amide bonds. The molecule has 0 spiro atoms. The highest BCUT2D eigenvalue weighted by atomic mass is 32.2. The molecule has 1 aliphatic rings. The average molecular weight is 331 g/mol. The molecule has 1 aromatic rings. The number of aliphatic hydroxyl groups excluding tert-OH is 1. The minimum atomic E-state index is -3.52. The third-order valence-electron chi connectivity index (χ3n) is 3.42. The summed E-state index contributed by atoms with van der Waals surface area (Å²) in [6.07, 6.45) is 0. The van der Waals surface area contributed by atoms with Crippen LogP contribution in [0.1, 0.15) is 19.4 Å². The van der Waals surface area contributed by atoms with Gasteiger partial charge in [0.15, 0.2) is 0 Å². The number of rotatable bonds is 5. The number of hydrogen-bond acceptors (Lipinski definition) is 5. The van der Waals surface area contributed by atoms with E-state index in [0.29, 0.717) is 24.5 Å². The van der Waals surface area contributed by atoms with Gasteiger partial charge in [-0.3, -0.25) is 0 Å². The molecule has 1 heterocycles. The molecular weight excluding hydrogens is 310 g/mol. The molecule has 1 atom stereocenters. The fraction of sp³-hybridized carbons (Fsp3) is 0.571. The van der Waals surface area contributed by atoms with Gasteiger partial charge in [0.2, 0.25) is 10.0 Å².